The first-order valence-electron chi connectivity index (χ1n) is 11.1. The van der Waals surface area contributed by atoms with Crippen LogP contribution in [0.3, 0.4) is 0 Å². The minimum atomic E-state index is -1.35. The van der Waals surface area contributed by atoms with E-state index in [9.17, 15) is 59.4 Å². The number of carbonyl (C=O) groups is 6. The second-order valence-corrected chi connectivity index (χ2v) is 8.33. The van der Waals surface area contributed by atoms with Crippen molar-refractivity contribution in [1.29, 1.82) is 0 Å². The molecule has 4 radical (unpaired) electrons. The number of rotatable bonds is 6. The van der Waals surface area contributed by atoms with Crippen LogP contribution in [0.4, 0.5) is 0 Å². The van der Waals surface area contributed by atoms with Gasteiger partial charge in [0.2, 0.25) is 0 Å². The third-order valence-corrected chi connectivity index (χ3v) is 5.99. The van der Waals surface area contributed by atoms with Gasteiger partial charge in [-0.05, 0) is 38.5 Å². The van der Waals surface area contributed by atoms with E-state index in [1.54, 1.807) is 18.2 Å². The number of hydrogen-bond acceptors (Lipinski definition) is 12. The van der Waals surface area contributed by atoms with E-state index in [4.69, 9.17) is 0 Å². The number of allylic oxidation sites excluding steroid dienone is 3. The van der Waals surface area contributed by atoms with Crippen molar-refractivity contribution in [2.24, 2.45) is 35.5 Å². The summed E-state index contributed by atoms with van der Waals surface area (Å²) >= 11 is 0. The Bertz CT molecular complexity index is 824. The summed E-state index contributed by atoms with van der Waals surface area (Å²) < 4.78 is 0. The molecule has 12 nitrogen and oxygen atoms in total. The molecule has 3 aliphatic carbocycles. The fourth-order valence-corrected chi connectivity index (χ4v) is 4.02. The summed E-state index contributed by atoms with van der Waals surface area (Å²) in [4.78, 5) is 62.5. The van der Waals surface area contributed by atoms with Gasteiger partial charge in [-0.25, -0.2) is 0 Å². The van der Waals surface area contributed by atoms with Gasteiger partial charge in [-0.3, -0.25) is 0 Å². The maximum Gasteiger partial charge on any atom is 3.00 e. The molecular formula is C24H24Bi2O12. The Labute approximate surface area is 256 Å². The smallest absolute Gasteiger partial charge is 0.550 e. The van der Waals surface area contributed by atoms with Crippen LogP contribution in [0.2, 0.25) is 0 Å². The van der Waals surface area contributed by atoms with Gasteiger partial charge in [0, 0.05) is 71.3 Å². The molecule has 0 heterocycles. The van der Waals surface area contributed by atoms with Gasteiger partial charge in [-0.15, -0.1) is 0 Å². The van der Waals surface area contributed by atoms with Gasteiger partial charge in [0.1, 0.15) is 0 Å². The fraction of sp³-hybridized carbons (Fsp3) is 0.500. The van der Waals surface area contributed by atoms with E-state index in [-0.39, 0.29) is 52.4 Å². The average molecular weight is 922 g/mol. The average Bonchev–Trinajstić information content (AvgIpc) is 2.84. The molecule has 0 aromatic carbocycles. The Morgan fingerprint density at radius 3 is 0.763 bits per heavy atom. The molecular weight excluding hydrogens is 898 g/mol. The van der Waals surface area contributed by atoms with E-state index in [1.165, 1.54) is 18.2 Å². The summed E-state index contributed by atoms with van der Waals surface area (Å²) in [5.74, 6) is -13.8. The Morgan fingerprint density at radius 2 is 0.632 bits per heavy atom. The quantitative estimate of drug-likeness (QED) is 0.179. The summed E-state index contributed by atoms with van der Waals surface area (Å²) in [6.45, 7) is 0. The maximum atomic E-state index is 10.4. The summed E-state index contributed by atoms with van der Waals surface area (Å²) in [5.41, 5.74) is 0. The van der Waals surface area contributed by atoms with Crippen molar-refractivity contribution in [3.8, 4) is 0 Å². The number of carboxylic acid groups (broad SMARTS) is 6. The third-order valence-electron chi connectivity index (χ3n) is 5.99. The van der Waals surface area contributed by atoms with Crippen LogP contribution in [-0.4, -0.2) is 88.2 Å². The molecule has 202 valence electrons. The van der Waals surface area contributed by atoms with Gasteiger partial charge in [0.15, 0.2) is 0 Å². The molecule has 0 aliphatic heterocycles. The third kappa shape index (κ3) is 12.1. The Kier molecular flexibility index (Phi) is 18.9. The van der Waals surface area contributed by atoms with Crippen molar-refractivity contribution in [3.05, 3.63) is 36.5 Å². The molecule has 3 aliphatic rings. The maximum absolute atomic E-state index is 10.4. The molecule has 0 aromatic rings. The molecule has 0 spiro atoms. The molecule has 3 rings (SSSR count). The van der Waals surface area contributed by atoms with Gasteiger partial charge in [0.25, 0.3) is 0 Å². The van der Waals surface area contributed by atoms with Gasteiger partial charge in [0.05, 0.1) is 0 Å². The predicted molar refractivity (Wildman–Crippen MR) is 118 cm³/mol. The van der Waals surface area contributed by atoms with Crippen molar-refractivity contribution < 1.29 is 59.4 Å². The minimum Gasteiger partial charge on any atom is -0.550 e. The molecule has 6 atom stereocenters. The topological polar surface area (TPSA) is 241 Å². The first-order chi connectivity index (χ1) is 16.9. The second-order valence-electron chi connectivity index (χ2n) is 8.33. The SMILES string of the molecule is O=C([O-])C1C=CCCC1C(=O)[O-].O=C([O-])C1C=CCCC1C(=O)[O-].O=C([O-])C1C=CCCC1C(=O)[O-].[Bi+3].[Bi+3]. The zero-order valence-electron chi connectivity index (χ0n) is 20.0. The van der Waals surface area contributed by atoms with E-state index < -0.39 is 71.3 Å². The summed E-state index contributed by atoms with van der Waals surface area (Å²) in [5, 5.41) is 62.5. The summed E-state index contributed by atoms with van der Waals surface area (Å²) in [6, 6.07) is 0. The van der Waals surface area contributed by atoms with Crippen LogP contribution in [0.15, 0.2) is 36.5 Å². The molecule has 0 saturated heterocycles. The van der Waals surface area contributed by atoms with Crippen LogP contribution in [0.5, 0.6) is 0 Å². The standard InChI is InChI=1S/3C8H10O4.2Bi/c3*9-7(10)5-3-1-2-4-6(5)8(11)12;;/h3*1,3,5-6H,2,4H2,(H,9,10)(H,11,12);;/q;;;2*+3/p-6. The minimum absolute atomic E-state index is 0. The summed E-state index contributed by atoms with van der Waals surface area (Å²) in [6.07, 6.45) is 11.7. The molecule has 0 aromatic heterocycles. The molecule has 14 heteroatoms. The van der Waals surface area contributed by atoms with Crippen LogP contribution in [0, 0.1) is 35.5 Å². The van der Waals surface area contributed by atoms with Gasteiger partial charge in [-0.1, -0.05) is 36.5 Å². The summed E-state index contributed by atoms with van der Waals surface area (Å²) in [7, 11) is 0. The molecule has 0 saturated carbocycles. The Morgan fingerprint density at radius 1 is 0.421 bits per heavy atom. The van der Waals surface area contributed by atoms with Crippen molar-refractivity contribution in [3.63, 3.8) is 0 Å². The van der Waals surface area contributed by atoms with Gasteiger partial charge < -0.3 is 59.4 Å². The van der Waals surface area contributed by atoms with E-state index in [1.807, 2.05) is 0 Å². The second kappa shape index (κ2) is 19.0. The molecule has 0 fully saturated rings. The van der Waals surface area contributed by atoms with E-state index in [0.717, 1.165) is 0 Å². The Hall–Kier alpha value is -2.19. The number of aliphatic carboxylic acids is 6. The monoisotopic (exact) mass is 922 g/mol. The van der Waals surface area contributed by atoms with Crippen LogP contribution < -0.4 is 30.6 Å². The van der Waals surface area contributed by atoms with Crippen molar-refractivity contribution >= 4 is 88.2 Å². The number of carbonyl (C=O) groups excluding carboxylic acids is 6. The van der Waals surface area contributed by atoms with Crippen molar-refractivity contribution in [2.75, 3.05) is 0 Å². The van der Waals surface area contributed by atoms with Crippen LogP contribution in [0.25, 0.3) is 0 Å². The zero-order valence-corrected chi connectivity index (χ0v) is 26.9. The molecule has 6 unspecified atom stereocenters. The van der Waals surface area contributed by atoms with Crippen LogP contribution in [0.1, 0.15) is 38.5 Å². The molecule has 0 bridgehead atoms. The Balaban J connectivity index is 0. The van der Waals surface area contributed by atoms with E-state index in [0.29, 0.717) is 38.5 Å². The van der Waals surface area contributed by atoms with Crippen LogP contribution >= 0.6 is 0 Å². The fourth-order valence-electron chi connectivity index (χ4n) is 4.02. The number of hydrogen-bond donors (Lipinski definition) is 0. The first-order valence-corrected chi connectivity index (χ1v) is 11.1. The van der Waals surface area contributed by atoms with Crippen molar-refractivity contribution in [1.82, 2.24) is 0 Å². The number of carboxylic acids is 6. The van der Waals surface area contributed by atoms with E-state index >= 15 is 0 Å². The van der Waals surface area contributed by atoms with Crippen LogP contribution in [-0.2, 0) is 28.8 Å². The predicted octanol–water partition coefficient (Wildman–Crippen LogP) is -6.56. The first kappa shape index (κ1) is 38.0. The van der Waals surface area contributed by atoms with Gasteiger partial charge >= 0.3 is 52.4 Å². The van der Waals surface area contributed by atoms with Crippen molar-refractivity contribution in [2.45, 2.75) is 38.5 Å². The molecule has 0 N–H and O–H groups in total. The zero-order chi connectivity index (χ0) is 27.4. The van der Waals surface area contributed by atoms with Gasteiger partial charge in [-0.2, -0.15) is 0 Å². The normalized spacial score (nSPS) is 26.8. The molecule has 38 heavy (non-hydrogen) atoms. The molecule has 0 amide bonds. The largest absolute Gasteiger partial charge is 3.00 e. The van der Waals surface area contributed by atoms with E-state index in [2.05, 4.69) is 0 Å².